The summed E-state index contributed by atoms with van der Waals surface area (Å²) >= 11 is 7.06. The van der Waals surface area contributed by atoms with Gasteiger partial charge in [-0.05, 0) is 38.5 Å². The van der Waals surface area contributed by atoms with Crippen molar-refractivity contribution in [2.45, 2.75) is 38.7 Å². The van der Waals surface area contributed by atoms with Crippen molar-refractivity contribution < 1.29 is 9.47 Å². The SMILES string of the molecule is CC(NCC1COC(C)(C)O1)c1ccc(Br)cc1Br. The Morgan fingerprint density at radius 3 is 2.74 bits per heavy atom. The van der Waals surface area contributed by atoms with Gasteiger partial charge in [0, 0.05) is 21.5 Å². The van der Waals surface area contributed by atoms with Crippen LogP contribution in [0.2, 0.25) is 0 Å². The zero-order valence-electron chi connectivity index (χ0n) is 11.4. The summed E-state index contributed by atoms with van der Waals surface area (Å²) in [5.41, 5.74) is 1.24. The van der Waals surface area contributed by atoms with Crippen molar-refractivity contribution in [3.8, 4) is 0 Å². The Morgan fingerprint density at radius 2 is 2.16 bits per heavy atom. The van der Waals surface area contributed by atoms with Gasteiger partial charge in [0.25, 0.3) is 0 Å². The summed E-state index contributed by atoms with van der Waals surface area (Å²) < 4.78 is 13.5. The Hall–Kier alpha value is 0.0600. The molecule has 1 aliphatic rings. The summed E-state index contributed by atoms with van der Waals surface area (Å²) in [4.78, 5) is 0. The topological polar surface area (TPSA) is 30.5 Å². The quantitative estimate of drug-likeness (QED) is 0.839. The zero-order chi connectivity index (χ0) is 14.0. The van der Waals surface area contributed by atoms with Gasteiger partial charge in [0.05, 0.1) is 12.7 Å². The number of hydrogen-bond acceptors (Lipinski definition) is 3. The normalized spacial score (nSPS) is 23.5. The van der Waals surface area contributed by atoms with Gasteiger partial charge in [-0.1, -0.05) is 37.9 Å². The van der Waals surface area contributed by atoms with Crippen LogP contribution in [-0.4, -0.2) is 25.0 Å². The van der Waals surface area contributed by atoms with Crippen molar-refractivity contribution in [1.82, 2.24) is 5.32 Å². The van der Waals surface area contributed by atoms with E-state index in [0.717, 1.165) is 15.5 Å². The first kappa shape index (κ1) is 15.4. The second-order valence-corrected chi connectivity index (χ2v) is 7.02. The van der Waals surface area contributed by atoms with Gasteiger partial charge in [-0.25, -0.2) is 0 Å². The number of benzene rings is 1. The number of rotatable bonds is 4. The molecule has 0 saturated carbocycles. The number of nitrogens with one attached hydrogen (secondary N) is 1. The minimum atomic E-state index is -0.451. The van der Waals surface area contributed by atoms with Gasteiger partial charge in [-0.15, -0.1) is 0 Å². The Bertz CT molecular complexity index is 451. The van der Waals surface area contributed by atoms with Gasteiger partial charge in [0.1, 0.15) is 0 Å². The Kier molecular flexibility index (Phi) is 5.06. The molecule has 1 aliphatic heterocycles. The number of hydrogen-bond donors (Lipinski definition) is 1. The highest BCUT2D eigenvalue weighted by Gasteiger charge is 2.32. The third-order valence-electron chi connectivity index (χ3n) is 3.15. The second kappa shape index (κ2) is 6.22. The molecular formula is C14H19Br2NO2. The molecule has 2 atom stereocenters. The fourth-order valence-electron chi connectivity index (χ4n) is 2.13. The van der Waals surface area contributed by atoms with E-state index in [2.05, 4.69) is 62.3 Å². The molecule has 0 radical (unpaired) electrons. The molecule has 0 aliphatic carbocycles. The molecule has 2 unspecified atom stereocenters. The largest absolute Gasteiger partial charge is 0.348 e. The molecule has 1 aromatic rings. The van der Waals surface area contributed by atoms with Crippen LogP contribution >= 0.6 is 31.9 Å². The predicted molar refractivity (Wildman–Crippen MR) is 83.2 cm³/mol. The van der Waals surface area contributed by atoms with Crippen LogP contribution in [0, 0.1) is 0 Å². The average molecular weight is 393 g/mol. The lowest BCUT2D eigenvalue weighted by molar-refractivity contribution is -0.137. The van der Waals surface area contributed by atoms with Crippen molar-refractivity contribution in [2.24, 2.45) is 0 Å². The van der Waals surface area contributed by atoms with Gasteiger partial charge in [0.15, 0.2) is 5.79 Å². The molecule has 19 heavy (non-hydrogen) atoms. The van der Waals surface area contributed by atoms with E-state index < -0.39 is 5.79 Å². The van der Waals surface area contributed by atoms with Crippen LogP contribution in [0.4, 0.5) is 0 Å². The van der Waals surface area contributed by atoms with E-state index in [1.807, 2.05) is 13.8 Å². The molecule has 0 amide bonds. The minimum absolute atomic E-state index is 0.117. The molecule has 106 valence electrons. The highest BCUT2D eigenvalue weighted by atomic mass is 79.9. The summed E-state index contributed by atoms with van der Waals surface area (Å²) in [6.07, 6.45) is 0.117. The molecule has 5 heteroatoms. The molecule has 1 heterocycles. The molecule has 1 saturated heterocycles. The monoisotopic (exact) mass is 391 g/mol. The fourth-order valence-corrected chi connectivity index (χ4v) is 3.52. The third kappa shape index (κ3) is 4.26. The van der Waals surface area contributed by atoms with Crippen molar-refractivity contribution >= 4 is 31.9 Å². The first-order chi connectivity index (χ1) is 8.87. The first-order valence-electron chi connectivity index (χ1n) is 6.37. The maximum absolute atomic E-state index is 5.78. The third-order valence-corrected chi connectivity index (χ3v) is 4.33. The van der Waals surface area contributed by atoms with Crippen molar-refractivity contribution in [3.05, 3.63) is 32.7 Å². The smallest absolute Gasteiger partial charge is 0.163 e. The molecular weight excluding hydrogens is 374 g/mol. The van der Waals surface area contributed by atoms with Crippen LogP contribution < -0.4 is 5.32 Å². The van der Waals surface area contributed by atoms with E-state index in [1.165, 1.54) is 5.56 Å². The molecule has 1 fully saturated rings. The standard InChI is InChI=1S/C14H19Br2NO2/c1-9(12-5-4-10(15)6-13(12)16)17-7-11-8-18-14(2,3)19-11/h4-6,9,11,17H,7-8H2,1-3H3. The second-order valence-electron chi connectivity index (χ2n) is 5.25. The van der Waals surface area contributed by atoms with Crippen molar-refractivity contribution in [1.29, 1.82) is 0 Å². The van der Waals surface area contributed by atoms with Gasteiger partial charge in [-0.3, -0.25) is 0 Å². The molecule has 2 rings (SSSR count). The molecule has 1 N–H and O–H groups in total. The van der Waals surface area contributed by atoms with Gasteiger partial charge < -0.3 is 14.8 Å². The lowest BCUT2D eigenvalue weighted by Crippen LogP contribution is -2.32. The van der Waals surface area contributed by atoms with E-state index in [9.17, 15) is 0 Å². The summed E-state index contributed by atoms with van der Waals surface area (Å²) in [5.74, 6) is -0.451. The highest BCUT2D eigenvalue weighted by molar-refractivity contribution is 9.11. The fraction of sp³-hybridized carbons (Fsp3) is 0.571. The van der Waals surface area contributed by atoms with E-state index >= 15 is 0 Å². The van der Waals surface area contributed by atoms with Crippen LogP contribution in [0.1, 0.15) is 32.4 Å². The lowest BCUT2D eigenvalue weighted by atomic mass is 10.1. The van der Waals surface area contributed by atoms with Crippen LogP contribution in [0.3, 0.4) is 0 Å². The van der Waals surface area contributed by atoms with Crippen molar-refractivity contribution in [2.75, 3.05) is 13.2 Å². The van der Waals surface area contributed by atoms with E-state index in [1.54, 1.807) is 0 Å². The Labute approximate surface area is 131 Å². The summed E-state index contributed by atoms with van der Waals surface area (Å²) in [6.45, 7) is 7.47. The van der Waals surface area contributed by atoms with Gasteiger partial charge >= 0.3 is 0 Å². The molecule has 0 aromatic heterocycles. The van der Waals surface area contributed by atoms with Crippen LogP contribution in [0.5, 0.6) is 0 Å². The number of ether oxygens (including phenoxy) is 2. The summed E-state index contributed by atoms with van der Waals surface area (Å²) in [5, 5.41) is 3.49. The zero-order valence-corrected chi connectivity index (χ0v) is 14.5. The van der Waals surface area contributed by atoms with Crippen LogP contribution in [0.25, 0.3) is 0 Å². The van der Waals surface area contributed by atoms with Crippen molar-refractivity contribution in [3.63, 3.8) is 0 Å². The van der Waals surface area contributed by atoms with Gasteiger partial charge in [-0.2, -0.15) is 0 Å². The highest BCUT2D eigenvalue weighted by Crippen LogP contribution is 2.27. The Morgan fingerprint density at radius 1 is 1.42 bits per heavy atom. The Balaban J connectivity index is 1.89. The summed E-state index contributed by atoms with van der Waals surface area (Å²) in [7, 11) is 0. The first-order valence-corrected chi connectivity index (χ1v) is 7.96. The van der Waals surface area contributed by atoms with Gasteiger partial charge in [0.2, 0.25) is 0 Å². The number of halogens is 2. The van der Waals surface area contributed by atoms with Crippen LogP contribution in [0.15, 0.2) is 27.1 Å². The molecule has 0 bridgehead atoms. The summed E-state index contributed by atoms with van der Waals surface area (Å²) in [6, 6.07) is 6.49. The molecule has 1 aromatic carbocycles. The van der Waals surface area contributed by atoms with E-state index in [-0.39, 0.29) is 12.1 Å². The predicted octanol–water partition coefficient (Wildman–Crippen LogP) is 4.01. The maximum Gasteiger partial charge on any atom is 0.163 e. The molecule has 3 nitrogen and oxygen atoms in total. The maximum atomic E-state index is 5.78. The molecule has 0 spiro atoms. The van der Waals surface area contributed by atoms with Crippen LogP contribution in [-0.2, 0) is 9.47 Å². The average Bonchev–Trinajstić information content (AvgIpc) is 2.66. The van der Waals surface area contributed by atoms with E-state index in [0.29, 0.717) is 6.61 Å². The van der Waals surface area contributed by atoms with E-state index in [4.69, 9.17) is 9.47 Å². The minimum Gasteiger partial charge on any atom is -0.348 e. The lowest BCUT2D eigenvalue weighted by Gasteiger charge is -2.20.